The first kappa shape index (κ1) is 17.0. The van der Waals surface area contributed by atoms with E-state index in [1.165, 1.54) is 11.1 Å². The van der Waals surface area contributed by atoms with Crippen LogP contribution in [0.1, 0.15) is 24.5 Å². The Kier molecular flexibility index (Phi) is 7.29. The molecular formula is C16H26N4O. The Labute approximate surface area is 127 Å². The molecule has 0 saturated heterocycles. The predicted molar refractivity (Wildman–Crippen MR) is 87.3 cm³/mol. The topological polar surface area (TPSA) is 56.7 Å². The summed E-state index contributed by atoms with van der Waals surface area (Å²) in [6, 6.07) is 8.33. The van der Waals surface area contributed by atoms with Gasteiger partial charge in [-0.15, -0.1) is 0 Å². The van der Waals surface area contributed by atoms with E-state index in [0.717, 1.165) is 12.5 Å². The van der Waals surface area contributed by atoms with E-state index in [-0.39, 0.29) is 5.91 Å². The first-order valence-corrected chi connectivity index (χ1v) is 7.30. The molecule has 1 amide bonds. The second-order valence-corrected chi connectivity index (χ2v) is 5.15. The summed E-state index contributed by atoms with van der Waals surface area (Å²) in [5, 5.41) is 6.36. The minimum absolute atomic E-state index is 0.108. The molecule has 116 valence electrons. The van der Waals surface area contributed by atoms with Crippen molar-refractivity contribution in [2.24, 2.45) is 4.99 Å². The Morgan fingerprint density at radius 2 is 1.86 bits per heavy atom. The van der Waals surface area contributed by atoms with Crippen molar-refractivity contribution in [1.82, 2.24) is 15.5 Å². The van der Waals surface area contributed by atoms with E-state index in [4.69, 9.17) is 0 Å². The Bertz CT molecular complexity index is 466. The molecule has 1 aromatic rings. The van der Waals surface area contributed by atoms with E-state index in [2.05, 4.69) is 46.8 Å². The van der Waals surface area contributed by atoms with Gasteiger partial charge in [-0.3, -0.25) is 4.79 Å². The number of aliphatic imine (C=N–C) groups is 1. The molecule has 2 N–H and O–H groups in total. The molecule has 0 aliphatic carbocycles. The number of benzene rings is 1. The van der Waals surface area contributed by atoms with Crippen LogP contribution in [-0.4, -0.2) is 44.0 Å². The molecule has 0 heterocycles. The number of carbonyl (C=O) groups excluding carboxylic acids is 1. The van der Waals surface area contributed by atoms with Gasteiger partial charge in [0.05, 0.1) is 6.54 Å². The van der Waals surface area contributed by atoms with Crippen LogP contribution in [0.3, 0.4) is 0 Å². The Hall–Kier alpha value is -2.04. The summed E-state index contributed by atoms with van der Waals surface area (Å²) >= 11 is 0. The minimum atomic E-state index is 0.108. The standard InChI is InChI=1S/C16H26N4O/c1-5-17-16(18-11-10-15(21)20(3)4)19-12-14-8-6-13(2)7-9-14/h6-9H,5,10-12H2,1-4H3,(H2,17,18,19). The van der Waals surface area contributed by atoms with Crippen LogP contribution in [-0.2, 0) is 11.3 Å². The van der Waals surface area contributed by atoms with Crippen molar-refractivity contribution >= 4 is 11.9 Å². The van der Waals surface area contributed by atoms with Gasteiger partial charge in [-0.1, -0.05) is 29.8 Å². The second-order valence-electron chi connectivity index (χ2n) is 5.15. The van der Waals surface area contributed by atoms with Crippen molar-refractivity contribution in [2.45, 2.75) is 26.8 Å². The van der Waals surface area contributed by atoms with E-state index >= 15 is 0 Å². The average molecular weight is 290 g/mol. The highest BCUT2D eigenvalue weighted by atomic mass is 16.2. The second kappa shape index (κ2) is 9.00. The van der Waals surface area contributed by atoms with Crippen molar-refractivity contribution in [2.75, 3.05) is 27.2 Å². The zero-order chi connectivity index (χ0) is 15.7. The summed E-state index contributed by atoms with van der Waals surface area (Å²) in [5.74, 6) is 0.849. The zero-order valence-corrected chi connectivity index (χ0v) is 13.4. The molecule has 1 rings (SSSR count). The fourth-order valence-electron chi connectivity index (χ4n) is 1.72. The first-order chi connectivity index (χ1) is 10.0. The lowest BCUT2D eigenvalue weighted by molar-refractivity contribution is -0.128. The van der Waals surface area contributed by atoms with E-state index in [1.54, 1.807) is 19.0 Å². The number of amides is 1. The number of guanidine groups is 1. The number of carbonyl (C=O) groups is 1. The molecule has 21 heavy (non-hydrogen) atoms. The van der Waals surface area contributed by atoms with Crippen LogP contribution in [0.4, 0.5) is 0 Å². The largest absolute Gasteiger partial charge is 0.357 e. The van der Waals surface area contributed by atoms with Gasteiger partial charge >= 0.3 is 0 Å². The fourth-order valence-corrected chi connectivity index (χ4v) is 1.72. The van der Waals surface area contributed by atoms with Crippen molar-refractivity contribution in [1.29, 1.82) is 0 Å². The third kappa shape index (κ3) is 6.79. The summed E-state index contributed by atoms with van der Waals surface area (Å²) in [5.41, 5.74) is 2.41. The quantitative estimate of drug-likeness (QED) is 0.617. The average Bonchev–Trinajstić information content (AvgIpc) is 2.46. The zero-order valence-electron chi connectivity index (χ0n) is 13.4. The molecular weight excluding hydrogens is 264 g/mol. The molecule has 0 fully saturated rings. The molecule has 0 aromatic heterocycles. The highest BCUT2D eigenvalue weighted by molar-refractivity contribution is 5.81. The van der Waals surface area contributed by atoms with Gasteiger partial charge in [0.1, 0.15) is 0 Å². The predicted octanol–water partition coefficient (Wildman–Crippen LogP) is 1.53. The van der Waals surface area contributed by atoms with Gasteiger partial charge in [-0.05, 0) is 19.4 Å². The van der Waals surface area contributed by atoms with Crippen molar-refractivity contribution < 1.29 is 4.79 Å². The molecule has 1 aromatic carbocycles. The highest BCUT2D eigenvalue weighted by Crippen LogP contribution is 2.04. The lowest BCUT2D eigenvalue weighted by Gasteiger charge is -2.13. The molecule has 5 heteroatoms. The normalized spacial score (nSPS) is 11.1. The summed E-state index contributed by atoms with van der Waals surface area (Å²) in [7, 11) is 3.53. The van der Waals surface area contributed by atoms with Crippen LogP contribution in [0.2, 0.25) is 0 Å². The maximum atomic E-state index is 11.5. The van der Waals surface area contributed by atoms with Gasteiger partial charge in [-0.25, -0.2) is 4.99 Å². The van der Waals surface area contributed by atoms with E-state index < -0.39 is 0 Å². The Balaban J connectivity index is 2.49. The minimum Gasteiger partial charge on any atom is -0.357 e. The molecule has 0 spiro atoms. The maximum absolute atomic E-state index is 11.5. The number of aryl methyl sites for hydroxylation is 1. The maximum Gasteiger partial charge on any atom is 0.223 e. The van der Waals surface area contributed by atoms with Crippen LogP contribution in [0.25, 0.3) is 0 Å². The van der Waals surface area contributed by atoms with Crippen LogP contribution < -0.4 is 10.6 Å². The van der Waals surface area contributed by atoms with Crippen LogP contribution in [0.15, 0.2) is 29.3 Å². The number of rotatable bonds is 6. The van der Waals surface area contributed by atoms with Gasteiger partial charge in [0.2, 0.25) is 5.91 Å². The third-order valence-corrected chi connectivity index (χ3v) is 3.01. The van der Waals surface area contributed by atoms with Gasteiger partial charge in [0, 0.05) is 33.6 Å². The van der Waals surface area contributed by atoms with Crippen LogP contribution >= 0.6 is 0 Å². The van der Waals surface area contributed by atoms with E-state index in [1.807, 2.05) is 6.92 Å². The molecule has 0 saturated carbocycles. The first-order valence-electron chi connectivity index (χ1n) is 7.30. The highest BCUT2D eigenvalue weighted by Gasteiger charge is 2.04. The molecule has 5 nitrogen and oxygen atoms in total. The van der Waals surface area contributed by atoms with Gasteiger partial charge in [0.25, 0.3) is 0 Å². The number of nitrogens with zero attached hydrogens (tertiary/aromatic N) is 2. The monoisotopic (exact) mass is 290 g/mol. The summed E-state index contributed by atoms with van der Waals surface area (Å²) in [6.07, 6.45) is 0.460. The molecule has 0 bridgehead atoms. The van der Waals surface area contributed by atoms with Gasteiger partial charge in [0.15, 0.2) is 5.96 Å². The third-order valence-electron chi connectivity index (χ3n) is 3.01. The van der Waals surface area contributed by atoms with Crippen molar-refractivity contribution in [3.8, 4) is 0 Å². The smallest absolute Gasteiger partial charge is 0.223 e. The Morgan fingerprint density at radius 1 is 1.19 bits per heavy atom. The molecule has 0 radical (unpaired) electrons. The van der Waals surface area contributed by atoms with Crippen molar-refractivity contribution in [3.63, 3.8) is 0 Å². The molecule has 0 atom stereocenters. The fraction of sp³-hybridized carbons (Fsp3) is 0.500. The Morgan fingerprint density at radius 3 is 2.43 bits per heavy atom. The van der Waals surface area contributed by atoms with E-state index in [0.29, 0.717) is 19.5 Å². The van der Waals surface area contributed by atoms with Crippen LogP contribution in [0.5, 0.6) is 0 Å². The SMILES string of the molecule is CCNC(=NCc1ccc(C)cc1)NCCC(=O)N(C)C. The summed E-state index contributed by atoms with van der Waals surface area (Å²) < 4.78 is 0. The molecule has 0 aliphatic rings. The summed E-state index contributed by atoms with van der Waals surface area (Å²) in [6.45, 7) is 6.09. The summed E-state index contributed by atoms with van der Waals surface area (Å²) in [4.78, 5) is 17.6. The number of hydrogen-bond acceptors (Lipinski definition) is 2. The number of nitrogens with one attached hydrogen (secondary N) is 2. The molecule has 0 aliphatic heterocycles. The van der Waals surface area contributed by atoms with Crippen molar-refractivity contribution in [3.05, 3.63) is 35.4 Å². The van der Waals surface area contributed by atoms with Gasteiger partial charge in [-0.2, -0.15) is 0 Å². The van der Waals surface area contributed by atoms with Gasteiger partial charge < -0.3 is 15.5 Å². The lowest BCUT2D eigenvalue weighted by Crippen LogP contribution is -2.39. The molecule has 0 unspecified atom stereocenters. The lowest BCUT2D eigenvalue weighted by atomic mass is 10.1. The van der Waals surface area contributed by atoms with E-state index in [9.17, 15) is 4.79 Å². The van der Waals surface area contributed by atoms with Crippen LogP contribution in [0, 0.1) is 6.92 Å². The number of hydrogen-bond donors (Lipinski definition) is 2.